The SMILES string of the molecule is C[C@]12C[C@H](O)[C@@H]3c4ccc(O[Si](C)(C)C)cc4[C@@H](O[Si](C)(C)C)C[C@H]3[C@@H]1CC[C@@H]2O[Si](C)(C)C. The van der Waals surface area contributed by atoms with Gasteiger partial charge in [0, 0.05) is 5.92 Å². The third-order valence-electron chi connectivity index (χ3n) is 8.03. The van der Waals surface area contributed by atoms with Gasteiger partial charge in [0.05, 0.1) is 18.3 Å². The van der Waals surface area contributed by atoms with E-state index in [2.05, 4.69) is 84.0 Å². The fourth-order valence-electron chi connectivity index (χ4n) is 7.16. The highest BCUT2D eigenvalue weighted by molar-refractivity contribution is 6.70. The van der Waals surface area contributed by atoms with Crippen LogP contribution in [-0.2, 0) is 8.85 Å². The summed E-state index contributed by atoms with van der Waals surface area (Å²) in [4.78, 5) is 0. The minimum absolute atomic E-state index is 0.0446. The van der Waals surface area contributed by atoms with E-state index in [1.54, 1.807) is 0 Å². The zero-order chi connectivity index (χ0) is 25.3. The first kappa shape index (κ1) is 26.6. The Labute approximate surface area is 211 Å². The van der Waals surface area contributed by atoms with E-state index in [9.17, 15) is 5.11 Å². The molecule has 3 aliphatic carbocycles. The van der Waals surface area contributed by atoms with Crippen molar-refractivity contribution in [3.8, 4) is 5.75 Å². The third kappa shape index (κ3) is 5.44. The zero-order valence-electron chi connectivity index (χ0n) is 23.2. The van der Waals surface area contributed by atoms with Crippen molar-refractivity contribution in [2.75, 3.05) is 0 Å². The van der Waals surface area contributed by atoms with Gasteiger partial charge >= 0.3 is 0 Å². The van der Waals surface area contributed by atoms with Gasteiger partial charge in [-0.25, -0.2) is 0 Å². The van der Waals surface area contributed by atoms with Crippen LogP contribution in [0.3, 0.4) is 0 Å². The molecule has 4 rings (SSSR count). The number of fused-ring (bicyclic) bond motifs is 5. The Morgan fingerprint density at radius 1 is 0.853 bits per heavy atom. The smallest absolute Gasteiger partial charge is 0.242 e. The Hall–Kier alpha value is -0.449. The van der Waals surface area contributed by atoms with E-state index in [4.69, 9.17) is 13.3 Å². The number of aliphatic hydroxyl groups excluding tert-OH is 1. The second-order valence-corrected chi connectivity index (χ2v) is 27.7. The summed E-state index contributed by atoms with van der Waals surface area (Å²) in [6.45, 7) is 22.8. The summed E-state index contributed by atoms with van der Waals surface area (Å²) < 4.78 is 20.0. The van der Waals surface area contributed by atoms with Crippen molar-refractivity contribution in [2.45, 2.75) is 116 Å². The van der Waals surface area contributed by atoms with Crippen molar-refractivity contribution in [2.24, 2.45) is 17.3 Å². The summed E-state index contributed by atoms with van der Waals surface area (Å²) in [6, 6.07) is 6.62. The lowest BCUT2D eigenvalue weighted by atomic mass is 9.54. The molecule has 0 bridgehead atoms. The van der Waals surface area contributed by atoms with Gasteiger partial charge < -0.3 is 18.4 Å². The molecule has 34 heavy (non-hydrogen) atoms. The molecular formula is C27H48O4Si3. The van der Waals surface area contributed by atoms with Crippen molar-refractivity contribution in [1.82, 2.24) is 0 Å². The molecule has 4 nitrogen and oxygen atoms in total. The summed E-state index contributed by atoms with van der Waals surface area (Å²) in [5, 5.41) is 11.7. The van der Waals surface area contributed by atoms with Gasteiger partial charge in [0.25, 0.3) is 0 Å². The first-order valence-electron chi connectivity index (χ1n) is 13.3. The monoisotopic (exact) mass is 520 g/mol. The van der Waals surface area contributed by atoms with Gasteiger partial charge in [-0.1, -0.05) is 13.0 Å². The zero-order valence-corrected chi connectivity index (χ0v) is 26.2. The van der Waals surface area contributed by atoms with E-state index in [0.717, 1.165) is 25.0 Å². The number of aliphatic hydroxyl groups is 1. The lowest BCUT2D eigenvalue weighted by Crippen LogP contribution is -2.52. The Morgan fingerprint density at radius 2 is 1.50 bits per heavy atom. The standard InChI is InChI=1S/C27H48O4Si3/c1-27-17-23(28)26-19-12-11-18(29-32(2,3)4)15-20(19)24(30-33(5,6)7)16-21(26)22(27)13-14-25(27)31-34(8,9)10/h11-12,15,21-26,28H,13-14,16-17H2,1-10H3/t21-,22-,23-,24-,25-,26+,27-/m0/s1. The maximum absolute atomic E-state index is 11.7. The molecule has 1 aromatic rings. The van der Waals surface area contributed by atoms with Gasteiger partial charge in [-0.2, -0.15) is 0 Å². The highest BCUT2D eigenvalue weighted by Crippen LogP contribution is 2.63. The molecule has 0 aliphatic heterocycles. The largest absolute Gasteiger partial charge is 0.544 e. The van der Waals surface area contributed by atoms with Gasteiger partial charge in [0.15, 0.2) is 16.6 Å². The van der Waals surface area contributed by atoms with Crippen LogP contribution < -0.4 is 4.43 Å². The molecule has 0 aromatic heterocycles. The van der Waals surface area contributed by atoms with E-state index < -0.39 is 25.0 Å². The van der Waals surface area contributed by atoms with Gasteiger partial charge in [0.2, 0.25) is 8.32 Å². The third-order valence-corrected chi connectivity index (χ3v) is 10.9. The number of hydrogen-bond donors (Lipinski definition) is 1. The van der Waals surface area contributed by atoms with E-state index in [1.165, 1.54) is 17.5 Å². The highest BCUT2D eigenvalue weighted by Gasteiger charge is 2.59. The lowest BCUT2D eigenvalue weighted by Gasteiger charge is -2.54. The van der Waals surface area contributed by atoms with Crippen LogP contribution in [0.1, 0.15) is 55.8 Å². The van der Waals surface area contributed by atoms with Crippen molar-refractivity contribution < 1.29 is 18.4 Å². The van der Waals surface area contributed by atoms with Crippen LogP contribution in [0.4, 0.5) is 0 Å². The van der Waals surface area contributed by atoms with Crippen LogP contribution in [0.2, 0.25) is 58.9 Å². The Morgan fingerprint density at radius 3 is 2.09 bits per heavy atom. The molecular weight excluding hydrogens is 473 g/mol. The van der Waals surface area contributed by atoms with E-state index in [-0.39, 0.29) is 29.6 Å². The van der Waals surface area contributed by atoms with Crippen molar-refractivity contribution >= 4 is 25.0 Å². The van der Waals surface area contributed by atoms with Crippen molar-refractivity contribution in [3.63, 3.8) is 0 Å². The molecule has 0 radical (unpaired) electrons. The molecule has 0 saturated heterocycles. The van der Waals surface area contributed by atoms with E-state index in [0.29, 0.717) is 11.8 Å². The summed E-state index contributed by atoms with van der Waals surface area (Å²) in [5.41, 5.74) is 2.60. The minimum atomic E-state index is -1.76. The molecule has 2 fully saturated rings. The van der Waals surface area contributed by atoms with Crippen molar-refractivity contribution in [1.29, 1.82) is 0 Å². The van der Waals surface area contributed by atoms with Crippen LogP contribution in [0.5, 0.6) is 5.75 Å². The molecule has 1 aromatic carbocycles. The topological polar surface area (TPSA) is 47.9 Å². The van der Waals surface area contributed by atoms with Crippen LogP contribution in [0.25, 0.3) is 0 Å². The number of rotatable bonds is 6. The summed E-state index contributed by atoms with van der Waals surface area (Å²) in [6.07, 6.45) is 4.16. The molecule has 0 heterocycles. The number of hydrogen-bond acceptors (Lipinski definition) is 4. The van der Waals surface area contributed by atoms with Crippen LogP contribution in [-0.4, -0.2) is 42.3 Å². The fraction of sp³-hybridized carbons (Fsp3) is 0.778. The van der Waals surface area contributed by atoms with Crippen LogP contribution >= 0.6 is 0 Å². The van der Waals surface area contributed by atoms with Gasteiger partial charge in [-0.15, -0.1) is 0 Å². The van der Waals surface area contributed by atoms with E-state index in [1.807, 2.05) is 0 Å². The predicted molar refractivity (Wildman–Crippen MR) is 148 cm³/mol. The molecule has 3 aliphatic rings. The maximum atomic E-state index is 11.7. The average Bonchev–Trinajstić information content (AvgIpc) is 2.93. The Balaban J connectivity index is 1.73. The van der Waals surface area contributed by atoms with E-state index >= 15 is 0 Å². The first-order valence-corrected chi connectivity index (χ1v) is 23.6. The summed E-state index contributed by atoms with van der Waals surface area (Å²) in [5.74, 6) is 2.14. The van der Waals surface area contributed by atoms with Gasteiger partial charge in [-0.05, 0) is 125 Å². The van der Waals surface area contributed by atoms with Gasteiger partial charge in [0.1, 0.15) is 5.75 Å². The second kappa shape index (κ2) is 8.84. The predicted octanol–water partition coefficient (Wildman–Crippen LogP) is 7.30. The normalized spacial score (nSPS) is 36.0. The molecule has 7 atom stereocenters. The maximum Gasteiger partial charge on any atom is 0.242 e. The second-order valence-electron chi connectivity index (χ2n) is 14.3. The molecule has 192 valence electrons. The quantitative estimate of drug-likeness (QED) is 0.400. The van der Waals surface area contributed by atoms with Gasteiger partial charge in [-0.3, -0.25) is 0 Å². The Bertz CT molecular complexity index is 901. The molecule has 1 N–H and O–H groups in total. The highest BCUT2D eigenvalue weighted by atomic mass is 28.4. The van der Waals surface area contributed by atoms with Crippen LogP contribution in [0.15, 0.2) is 18.2 Å². The number of benzene rings is 1. The molecule has 7 heteroatoms. The first-order chi connectivity index (χ1) is 15.5. The lowest BCUT2D eigenvalue weighted by molar-refractivity contribution is -0.0850. The molecule has 0 amide bonds. The average molecular weight is 521 g/mol. The fourth-order valence-corrected chi connectivity index (χ4v) is 10.3. The summed E-state index contributed by atoms with van der Waals surface area (Å²) >= 11 is 0. The Kier molecular flexibility index (Phi) is 6.92. The van der Waals surface area contributed by atoms with Crippen molar-refractivity contribution in [3.05, 3.63) is 29.3 Å². The molecule has 2 saturated carbocycles. The molecule has 0 unspecified atom stereocenters. The molecule has 0 spiro atoms. The van der Waals surface area contributed by atoms with Crippen LogP contribution in [0, 0.1) is 17.3 Å². The summed E-state index contributed by atoms with van der Waals surface area (Å²) in [7, 11) is -5.12. The minimum Gasteiger partial charge on any atom is -0.544 e.